The summed E-state index contributed by atoms with van der Waals surface area (Å²) >= 11 is 0. The summed E-state index contributed by atoms with van der Waals surface area (Å²) in [6.45, 7) is 12.1. The van der Waals surface area contributed by atoms with Crippen LogP contribution in [0.2, 0.25) is 0 Å². The molecule has 1 rings (SSSR count). The van der Waals surface area contributed by atoms with E-state index in [9.17, 15) is 0 Å². The standard InChI is InChI=1S/C15H20/c1-5-8-13-10-7-11-14(12(3)4)15(13)9-6-2/h5-7,10-12H,1-2,8-9H2,3-4H3. The summed E-state index contributed by atoms with van der Waals surface area (Å²) in [5, 5.41) is 0. The Balaban J connectivity index is 3.20. The lowest BCUT2D eigenvalue weighted by atomic mass is 9.90. The summed E-state index contributed by atoms with van der Waals surface area (Å²) in [4.78, 5) is 0. The van der Waals surface area contributed by atoms with Gasteiger partial charge in [0.15, 0.2) is 0 Å². The van der Waals surface area contributed by atoms with Gasteiger partial charge in [-0.3, -0.25) is 0 Å². The molecule has 0 saturated heterocycles. The van der Waals surface area contributed by atoms with E-state index in [1.54, 1.807) is 0 Å². The van der Waals surface area contributed by atoms with Crippen molar-refractivity contribution >= 4 is 0 Å². The molecule has 0 saturated carbocycles. The SMILES string of the molecule is C=CCc1cccc(C(C)C)c1CC=C. The van der Waals surface area contributed by atoms with Crippen molar-refractivity contribution in [3.63, 3.8) is 0 Å². The molecule has 80 valence electrons. The molecule has 0 aliphatic carbocycles. The molecule has 0 heteroatoms. The van der Waals surface area contributed by atoms with Crippen molar-refractivity contribution in [2.45, 2.75) is 32.6 Å². The van der Waals surface area contributed by atoms with Gasteiger partial charge in [-0.1, -0.05) is 44.2 Å². The average molecular weight is 200 g/mol. The van der Waals surface area contributed by atoms with E-state index in [2.05, 4.69) is 45.2 Å². The van der Waals surface area contributed by atoms with E-state index in [1.807, 2.05) is 12.2 Å². The van der Waals surface area contributed by atoms with E-state index in [0.29, 0.717) is 5.92 Å². The van der Waals surface area contributed by atoms with Crippen molar-refractivity contribution in [2.75, 3.05) is 0 Å². The van der Waals surface area contributed by atoms with Gasteiger partial charge in [0, 0.05) is 0 Å². The topological polar surface area (TPSA) is 0 Å². The summed E-state index contributed by atoms with van der Waals surface area (Å²) in [6.07, 6.45) is 5.85. The predicted octanol–water partition coefficient (Wildman–Crippen LogP) is 4.27. The Bertz CT molecular complexity index is 345. The van der Waals surface area contributed by atoms with Crippen molar-refractivity contribution < 1.29 is 0 Å². The minimum Gasteiger partial charge on any atom is -0.103 e. The van der Waals surface area contributed by atoms with E-state index in [-0.39, 0.29) is 0 Å². The first-order chi connectivity index (χ1) is 7.20. The predicted molar refractivity (Wildman–Crippen MR) is 68.3 cm³/mol. The Morgan fingerprint density at radius 2 is 1.80 bits per heavy atom. The van der Waals surface area contributed by atoms with Gasteiger partial charge in [0.05, 0.1) is 0 Å². The van der Waals surface area contributed by atoms with Crippen molar-refractivity contribution in [2.24, 2.45) is 0 Å². The fraction of sp³-hybridized carbons (Fsp3) is 0.333. The van der Waals surface area contributed by atoms with Gasteiger partial charge in [0.25, 0.3) is 0 Å². The van der Waals surface area contributed by atoms with E-state index >= 15 is 0 Å². The number of hydrogen-bond donors (Lipinski definition) is 0. The Hall–Kier alpha value is -1.30. The lowest BCUT2D eigenvalue weighted by molar-refractivity contribution is 0.845. The molecule has 0 atom stereocenters. The van der Waals surface area contributed by atoms with Gasteiger partial charge in [-0.05, 0) is 35.4 Å². The van der Waals surface area contributed by atoms with Crippen LogP contribution in [0.3, 0.4) is 0 Å². The Labute approximate surface area is 93.3 Å². The zero-order valence-electron chi connectivity index (χ0n) is 9.79. The summed E-state index contributed by atoms with van der Waals surface area (Å²) in [5.41, 5.74) is 4.26. The molecule has 0 radical (unpaired) electrons. The molecule has 0 spiro atoms. The maximum atomic E-state index is 3.83. The molecule has 15 heavy (non-hydrogen) atoms. The van der Waals surface area contributed by atoms with Crippen LogP contribution in [0.25, 0.3) is 0 Å². The monoisotopic (exact) mass is 200 g/mol. The van der Waals surface area contributed by atoms with Crippen molar-refractivity contribution in [1.29, 1.82) is 0 Å². The Kier molecular flexibility index (Phi) is 4.36. The van der Waals surface area contributed by atoms with Gasteiger partial charge in [-0.25, -0.2) is 0 Å². The van der Waals surface area contributed by atoms with Crippen LogP contribution in [0.5, 0.6) is 0 Å². The maximum Gasteiger partial charge on any atom is -0.00944 e. The fourth-order valence-corrected chi connectivity index (χ4v) is 1.94. The van der Waals surface area contributed by atoms with Crippen LogP contribution in [0.4, 0.5) is 0 Å². The lowest BCUT2D eigenvalue weighted by Gasteiger charge is -2.15. The summed E-state index contributed by atoms with van der Waals surface area (Å²) < 4.78 is 0. The molecular weight excluding hydrogens is 180 g/mol. The van der Waals surface area contributed by atoms with Gasteiger partial charge in [-0.2, -0.15) is 0 Å². The van der Waals surface area contributed by atoms with Gasteiger partial charge in [0.1, 0.15) is 0 Å². The minimum absolute atomic E-state index is 0.574. The fourth-order valence-electron chi connectivity index (χ4n) is 1.94. The molecule has 0 fully saturated rings. The highest BCUT2D eigenvalue weighted by molar-refractivity contribution is 5.39. The Morgan fingerprint density at radius 3 is 2.33 bits per heavy atom. The lowest BCUT2D eigenvalue weighted by Crippen LogP contribution is -2.00. The van der Waals surface area contributed by atoms with Crippen LogP contribution in [0.15, 0.2) is 43.5 Å². The number of hydrogen-bond acceptors (Lipinski definition) is 0. The molecule has 0 aliphatic heterocycles. The molecule has 0 aliphatic rings. The third-order valence-electron chi connectivity index (χ3n) is 2.64. The van der Waals surface area contributed by atoms with Crippen LogP contribution in [0.1, 0.15) is 36.5 Å². The molecule has 1 aromatic rings. The number of rotatable bonds is 5. The molecule has 0 N–H and O–H groups in total. The second-order valence-electron chi connectivity index (χ2n) is 4.13. The Morgan fingerprint density at radius 1 is 1.13 bits per heavy atom. The van der Waals surface area contributed by atoms with Crippen LogP contribution >= 0.6 is 0 Å². The van der Waals surface area contributed by atoms with Crippen molar-refractivity contribution in [3.05, 3.63) is 60.2 Å². The molecule has 0 amide bonds. The first kappa shape index (κ1) is 11.8. The summed E-state index contributed by atoms with van der Waals surface area (Å²) in [6, 6.07) is 6.54. The third-order valence-corrected chi connectivity index (χ3v) is 2.64. The zero-order valence-corrected chi connectivity index (χ0v) is 9.79. The highest BCUT2D eigenvalue weighted by Crippen LogP contribution is 2.24. The van der Waals surface area contributed by atoms with Gasteiger partial charge in [-0.15, -0.1) is 13.2 Å². The molecule has 0 aromatic heterocycles. The largest absolute Gasteiger partial charge is 0.103 e. The van der Waals surface area contributed by atoms with Crippen LogP contribution < -0.4 is 0 Å². The van der Waals surface area contributed by atoms with E-state index in [0.717, 1.165) is 12.8 Å². The summed E-state index contributed by atoms with van der Waals surface area (Å²) in [7, 11) is 0. The summed E-state index contributed by atoms with van der Waals surface area (Å²) in [5.74, 6) is 0.574. The van der Waals surface area contributed by atoms with Crippen LogP contribution in [0, 0.1) is 0 Å². The molecular formula is C15H20. The second-order valence-corrected chi connectivity index (χ2v) is 4.13. The second kappa shape index (κ2) is 5.55. The minimum atomic E-state index is 0.574. The van der Waals surface area contributed by atoms with Crippen molar-refractivity contribution in [3.8, 4) is 0 Å². The van der Waals surface area contributed by atoms with E-state index in [4.69, 9.17) is 0 Å². The highest BCUT2D eigenvalue weighted by atomic mass is 14.1. The average Bonchev–Trinajstić information content (AvgIpc) is 2.21. The molecule has 0 nitrogen and oxygen atoms in total. The molecule has 0 bridgehead atoms. The maximum absolute atomic E-state index is 3.83. The van der Waals surface area contributed by atoms with Crippen LogP contribution in [-0.2, 0) is 12.8 Å². The quantitative estimate of drug-likeness (QED) is 0.623. The first-order valence-electron chi connectivity index (χ1n) is 5.53. The smallest absolute Gasteiger partial charge is 0.00944 e. The van der Waals surface area contributed by atoms with Crippen LogP contribution in [-0.4, -0.2) is 0 Å². The highest BCUT2D eigenvalue weighted by Gasteiger charge is 2.08. The van der Waals surface area contributed by atoms with Gasteiger partial charge in [0.2, 0.25) is 0 Å². The van der Waals surface area contributed by atoms with Gasteiger partial charge < -0.3 is 0 Å². The zero-order chi connectivity index (χ0) is 11.3. The van der Waals surface area contributed by atoms with E-state index < -0.39 is 0 Å². The third kappa shape index (κ3) is 2.82. The number of allylic oxidation sites excluding steroid dienone is 2. The van der Waals surface area contributed by atoms with E-state index in [1.165, 1.54) is 16.7 Å². The first-order valence-corrected chi connectivity index (χ1v) is 5.53. The van der Waals surface area contributed by atoms with Crippen molar-refractivity contribution in [1.82, 2.24) is 0 Å². The van der Waals surface area contributed by atoms with Gasteiger partial charge >= 0.3 is 0 Å². The molecule has 1 aromatic carbocycles. The normalized spacial score (nSPS) is 10.3. The molecule has 0 unspecified atom stereocenters. The number of benzene rings is 1. The molecule has 0 heterocycles.